The number of aromatic nitrogens is 1. The van der Waals surface area contributed by atoms with E-state index in [9.17, 15) is 4.79 Å². The second kappa shape index (κ2) is 7.47. The molecule has 120 valence electrons. The third kappa shape index (κ3) is 4.13. The fourth-order valence-corrected chi connectivity index (χ4v) is 3.56. The van der Waals surface area contributed by atoms with Gasteiger partial charge in [0, 0.05) is 28.7 Å². The zero-order valence-electron chi connectivity index (χ0n) is 12.7. The van der Waals surface area contributed by atoms with Gasteiger partial charge in [-0.05, 0) is 43.3 Å². The molecule has 6 heteroatoms. The van der Waals surface area contributed by atoms with Crippen LogP contribution in [0.25, 0.3) is 0 Å². The highest BCUT2D eigenvalue weighted by Crippen LogP contribution is 2.30. The maximum Gasteiger partial charge on any atom is 0.256 e. The van der Waals surface area contributed by atoms with Crippen molar-refractivity contribution in [3.63, 3.8) is 0 Å². The maximum absolute atomic E-state index is 12.8. The predicted molar refractivity (Wildman–Crippen MR) is 93.8 cm³/mol. The largest absolute Gasteiger partial charge is 0.375 e. The first-order valence-corrected chi connectivity index (χ1v) is 9.04. The topological polar surface area (TPSA) is 42.4 Å². The summed E-state index contributed by atoms with van der Waals surface area (Å²) in [5.41, 5.74) is 0.648. The van der Waals surface area contributed by atoms with Crippen molar-refractivity contribution in [1.82, 2.24) is 9.88 Å². The molecule has 2 aromatic rings. The summed E-state index contributed by atoms with van der Waals surface area (Å²) in [6, 6.07) is 11.6. The number of benzene rings is 1. The molecule has 0 saturated carbocycles. The van der Waals surface area contributed by atoms with Crippen LogP contribution < -0.4 is 0 Å². The van der Waals surface area contributed by atoms with Gasteiger partial charge in [-0.25, -0.2) is 4.98 Å². The van der Waals surface area contributed by atoms with E-state index >= 15 is 0 Å². The zero-order chi connectivity index (χ0) is 16.2. The van der Waals surface area contributed by atoms with Gasteiger partial charge in [0.05, 0.1) is 18.3 Å². The van der Waals surface area contributed by atoms with Crippen LogP contribution in [0, 0.1) is 0 Å². The minimum Gasteiger partial charge on any atom is -0.375 e. The number of pyridine rings is 1. The van der Waals surface area contributed by atoms with E-state index < -0.39 is 0 Å². The second-order valence-electron chi connectivity index (χ2n) is 5.34. The van der Waals surface area contributed by atoms with Gasteiger partial charge in [0.25, 0.3) is 5.91 Å². The lowest BCUT2D eigenvalue weighted by molar-refractivity contribution is -0.0125. The molecule has 1 fully saturated rings. The van der Waals surface area contributed by atoms with Gasteiger partial charge in [0.1, 0.15) is 5.03 Å². The van der Waals surface area contributed by atoms with Crippen molar-refractivity contribution in [2.45, 2.75) is 22.9 Å². The molecule has 1 aliphatic rings. The molecule has 1 aliphatic heterocycles. The Morgan fingerprint density at radius 1 is 1.35 bits per heavy atom. The third-order valence-corrected chi connectivity index (χ3v) is 5.11. The van der Waals surface area contributed by atoms with Crippen LogP contribution in [-0.2, 0) is 4.74 Å². The highest BCUT2D eigenvalue weighted by molar-refractivity contribution is 9.10. The standard InChI is InChI=1S/C17H17BrN2O2S/c1-12-11-20(9-10-22-12)17(21)15-3-2-8-19-16(15)23-14-6-4-13(18)5-7-14/h2-8,12H,9-11H2,1H3. The summed E-state index contributed by atoms with van der Waals surface area (Å²) >= 11 is 4.93. The van der Waals surface area contributed by atoms with Crippen molar-refractivity contribution in [3.8, 4) is 0 Å². The van der Waals surface area contributed by atoms with Crippen molar-refractivity contribution in [2.24, 2.45) is 0 Å². The van der Waals surface area contributed by atoms with E-state index in [0.29, 0.717) is 25.3 Å². The molecule has 0 spiro atoms. The molecule has 1 atom stereocenters. The molecule has 1 saturated heterocycles. The third-order valence-electron chi connectivity index (χ3n) is 3.56. The number of nitrogens with zero attached hydrogens (tertiary/aromatic N) is 2. The van der Waals surface area contributed by atoms with Gasteiger partial charge in [0.15, 0.2) is 0 Å². The monoisotopic (exact) mass is 392 g/mol. The summed E-state index contributed by atoms with van der Waals surface area (Å²) in [6.07, 6.45) is 1.80. The molecule has 0 radical (unpaired) electrons. The Kier molecular flexibility index (Phi) is 5.35. The van der Waals surface area contributed by atoms with E-state index in [1.54, 1.807) is 6.20 Å². The van der Waals surface area contributed by atoms with E-state index in [-0.39, 0.29) is 12.0 Å². The average molecular weight is 393 g/mol. The first-order valence-electron chi connectivity index (χ1n) is 7.43. The number of carbonyl (C=O) groups is 1. The molecule has 1 unspecified atom stereocenters. The van der Waals surface area contributed by atoms with Crippen LogP contribution in [0.5, 0.6) is 0 Å². The number of hydrogen-bond donors (Lipinski definition) is 0. The van der Waals surface area contributed by atoms with Gasteiger partial charge in [-0.15, -0.1) is 0 Å². The molecule has 1 aromatic heterocycles. The highest BCUT2D eigenvalue weighted by Gasteiger charge is 2.24. The van der Waals surface area contributed by atoms with E-state index in [1.165, 1.54) is 11.8 Å². The first-order chi connectivity index (χ1) is 11.1. The molecule has 1 amide bonds. The SMILES string of the molecule is CC1CN(C(=O)c2cccnc2Sc2ccc(Br)cc2)CCO1. The number of carbonyl (C=O) groups excluding carboxylic acids is 1. The minimum absolute atomic E-state index is 0.0212. The van der Waals surface area contributed by atoms with Gasteiger partial charge in [-0.2, -0.15) is 0 Å². The van der Waals surface area contributed by atoms with Gasteiger partial charge < -0.3 is 9.64 Å². The maximum atomic E-state index is 12.8. The average Bonchev–Trinajstić information content (AvgIpc) is 2.57. The number of morpholine rings is 1. The van der Waals surface area contributed by atoms with Crippen LogP contribution >= 0.6 is 27.7 Å². The Hall–Kier alpha value is -1.37. The lowest BCUT2D eigenvalue weighted by Gasteiger charge is -2.31. The number of ether oxygens (including phenoxy) is 1. The summed E-state index contributed by atoms with van der Waals surface area (Å²) in [5, 5.41) is 0.735. The van der Waals surface area contributed by atoms with Crippen molar-refractivity contribution < 1.29 is 9.53 Å². The molecule has 1 aromatic carbocycles. The van der Waals surface area contributed by atoms with E-state index in [1.807, 2.05) is 48.2 Å². The smallest absolute Gasteiger partial charge is 0.256 e. The summed E-state index contributed by atoms with van der Waals surface area (Å²) in [5.74, 6) is 0.0212. The lowest BCUT2D eigenvalue weighted by atomic mass is 10.2. The highest BCUT2D eigenvalue weighted by atomic mass is 79.9. The summed E-state index contributed by atoms with van der Waals surface area (Å²) < 4.78 is 6.54. The zero-order valence-corrected chi connectivity index (χ0v) is 15.1. The number of amides is 1. The van der Waals surface area contributed by atoms with Crippen LogP contribution in [0.3, 0.4) is 0 Å². The van der Waals surface area contributed by atoms with Crippen LogP contribution in [0.15, 0.2) is 57.0 Å². The fraction of sp³-hybridized carbons (Fsp3) is 0.294. The van der Waals surface area contributed by atoms with Crippen molar-refractivity contribution in [2.75, 3.05) is 19.7 Å². The normalized spacial score (nSPS) is 18.0. The Morgan fingerprint density at radius 3 is 2.87 bits per heavy atom. The van der Waals surface area contributed by atoms with E-state index in [0.717, 1.165) is 14.4 Å². The van der Waals surface area contributed by atoms with Gasteiger partial charge in [-0.3, -0.25) is 4.79 Å². The van der Waals surface area contributed by atoms with Gasteiger partial charge in [0.2, 0.25) is 0 Å². The Bertz CT molecular complexity index is 693. The van der Waals surface area contributed by atoms with E-state index in [2.05, 4.69) is 20.9 Å². The van der Waals surface area contributed by atoms with E-state index in [4.69, 9.17) is 4.74 Å². The summed E-state index contributed by atoms with van der Waals surface area (Å²) in [6.45, 7) is 3.82. The molecule has 0 aliphatic carbocycles. The molecule has 0 bridgehead atoms. The first kappa shape index (κ1) is 16.5. The molecule has 2 heterocycles. The van der Waals surface area contributed by atoms with Crippen molar-refractivity contribution in [1.29, 1.82) is 0 Å². The fourth-order valence-electron chi connectivity index (χ4n) is 2.42. The second-order valence-corrected chi connectivity index (χ2v) is 7.32. The summed E-state index contributed by atoms with van der Waals surface area (Å²) in [7, 11) is 0. The Balaban J connectivity index is 1.82. The van der Waals surface area contributed by atoms with Gasteiger partial charge in [-0.1, -0.05) is 27.7 Å². The lowest BCUT2D eigenvalue weighted by Crippen LogP contribution is -2.44. The number of hydrogen-bond acceptors (Lipinski definition) is 4. The Morgan fingerprint density at radius 2 is 2.13 bits per heavy atom. The molecular weight excluding hydrogens is 376 g/mol. The molecule has 4 nitrogen and oxygen atoms in total. The number of halogens is 1. The molecule has 0 N–H and O–H groups in total. The van der Waals surface area contributed by atoms with Crippen LogP contribution in [0.2, 0.25) is 0 Å². The Labute approximate surface area is 148 Å². The van der Waals surface area contributed by atoms with Gasteiger partial charge >= 0.3 is 0 Å². The molecule has 23 heavy (non-hydrogen) atoms. The van der Waals surface area contributed by atoms with Crippen molar-refractivity contribution in [3.05, 3.63) is 52.6 Å². The molecule has 3 rings (SSSR count). The quantitative estimate of drug-likeness (QED) is 0.795. The minimum atomic E-state index is 0.0212. The van der Waals surface area contributed by atoms with Crippen LogP contribution in [0.4, 0.5) is 0 Å². The summed E-state index contributed by atoms with van der Waals surface area (Å²) in [4.78, 5) is 20.1. The predicted octanol–water partition coefficient (Wildman–Crippen LogP) is 3.86. The van der Waals surface area contributed by atoms with Crippen molar-refractivity contribution >= 4 is 33.6 Å². The molecular formula is C17H17BrN2O2S. The number of rotatable bonds is 3. The van der Waals surface area contributed by atoms with Crippen LogP contribution in [0.1, 0.15) is 17.3 Å². The van der Waals surface area contributed by atoms with Crippen LogP contribution in [-0.4, -0.2) is 41.6 Å².